The smallest absolute Gasteiger partial charge is 0.252 e. The van der Waals surface area contributed by atoms with Crippen molar-refractivity contribution in [3.8, 4) is 5.75 Å². The van der Waals surface area contributed by atoms with E-state index in [2.05, 4.69) is 0 Å². The van der Waals surface area contributed by atoms with Crippen LogP contribution in [-0.4, -0.2) is 41.9 Å². The number of carbonyl (C=O) groups is 2. The van der Waals surface area contributed by atoms with Gasteiger partial charge in [0, 0.05) is 20.0 Å². The summed E-state index contributed by atoms with van der Waals surface area (Å²) in [6, 6.07) is 6.65. The minimum atomic E-state index is -0.564. The van der Waals surface area contributed by atoms with Gasteiger partial charge in [0.25, 0.3) is 5.91 Å². The maximum atomic E-state index is 11.8. The van der Waals surface area contributed by atoms with Crippen LogP contribution in [0.3, 0.4) is 0 Å². The van der Waals surface area contributed by atoms with E-state index >= 15 is 0 Å². The van der Waals surface area contributed by atoms with Gasteiger partial charge in [-0.1, -0.05) is 24.4 Å². The average Bonchev–Trinajstić information content (AvgIpc) is 2.44. The van der Waals surface area contributed by atoms with E-state index in [1.54, 1.807) is 36.2 Å². The van der Waals surface area contributed by atoms with Gasteiger partial charge in [-0.2, -0.15) is 0 Å². The molecule has 0 bridgehead atoms. The van der Waals surface area contributed by atoms with Crippen molar-refractivity contribution >= 4 is 29.0 Å². The van der Waals surface area contributed by atoms with Crippen LogP contribution in [0.2, 0.25) is 0 Å². The largest absolute Gasteiger partial charge is 0.492 e. The van der Waals surface area contributed by atoms with E-state index in [0.717, 1.165) is 0 Å². The van der Waals surface area contributed by atoms with Gasteiger partial charge in [0.1, 0.15) is 5.75 Å². The first-order valence-corrected chi connectivity index (χ1v) is 6.86. The van der Waals surface area contributed by atoms with E-state index in [4.69, 9.17) is 28.4 Å². The van der Waals surface area contributed by atoms with Gasteiger partial charge >= 0.3 is 0 Å². The second kappa shape index (κ2) is 8.21. The minimum absolute atomic E-state index is 0.0807. The van der Waals surface area contributed by atoms with Crippen LogP contribution < -0.4 is 16.2 Å². The Bertz CT molecular complexity index is 534. The first kappa shape index (κ1) is 16.9. The molecule has 0 aliphatic heterocycles. The lowest BCUT2D eigenvalue weighted by Gasteiger charge is -2.17. The van der Waals surface area contributed by atoms with Crippen molar-refractivity contribution in [2.24, 2.45) is 11.5 Å². The number of primary amides is 1. The van der Waals surface area contributed by atoms with Crippen molar-refractivity contribution < 1.29 is 14.3 Å². The molecule has 0 unspecified atom stereocenters. The predicted molar refractivity (Wildman–Crippen MR) is 84.1 cm³/mol. The fourth-order valence-electron chi connectivity index (χ4n) is 1.64. The topological polar surface area (TPSA) is 98.7 Å². The Morgan fingerprint density at radius 3 is 2.52 bits per heavy atom. The fraction of sp³-hybridized carbons (Fsp3) is 0.357. The monoisotopic (exact) mass is 309 g/mol. The molecule has 1 aromatic carbocycles. The van der Waals surface area contributed by atoms with Crippen LogP contribution in [0.4, 0.5) is 0 Å². The van der Waals surface area contributed by atoms with Crippen LogP contribution in [0.15, 0.2) is 24.3 Å². The van der Waals surface area contributed by atoms with E-state index in [1.807, 2.05) is 0 Å². The molecule has 2 amide bonds. The molecule has 1 aromatic rings. The zero-order chi connectivity index (χ0) is 15.8. The van der Waals surface area contributed by atoms with Crippen LogP contribution in [0.25, 0.3) is 0 Å². The Morgan fingerprint density at radius 1 is 1.24 bits per heavy atom. The molecule has 0 heterocycles. The van der Waals surface area contributed by atoms with Crippen LogP contribution >= 0.6 is 12.2 Å². The van der Waals surface area contributed by atoms with Gasteiger partial charge in [-0.15, -0.1) is 0 Å². The normalized spacial score (nSPS) is 9.95. The molecule has 21 heavy (non-hydrogen) atoms. The number of para-hydroxylation sites is 1. The van der Waals surface area contributed by atoms with Crippen LogP contribution in [0, 0.1) is 0 Å². The summed E-state index contributed by atoms with van der Waals surface area (Å²) >= 11 is 4.76. The molecular formula is C14H19N3O3S. The first-order chi connectivity index (χ1) is 9.91. The highest BCUT2D eigenvalue weighted by Gasteiger charge is 2.11. The third kappa shape index (κ3) is 5.78. The number of carbonyl (C=O) groups excluding carboxylic acids is 2. The second-order valence-electron chi connectivity index (χ2n) is 4.49. The SMILES string of the molecule is CN(CCC(N)=S)C(=O)CCOc1ccccc1C(N)=O. The molecule has 7 heteroatoms. The highest BCUT2D eigenvalue weighted by Crippen LogP contribution is 2.17. The van der Waals surface area contributed by atoms with Crippen molar-refractivity contribution in [1.82, 2.24) is 4.90 Å². The molecule has 0 radical (unpaired) electrons. The molecule has 0 saturated carbocycles. The Balaban J connectivity index is 2.45. The standard InChI is InChI=1S/C14H19N3O3S/c1-17(8-6-12(15)21)13(18)7-9-20-11-5-3-2-4-10(11)14(16)19/h2-5H,6-9H2,1H3,(H2,15,21)(H2,16,19). The molecule has 6 nitrogen and oxygen atoms in total. The van der Waals surface area contributed by atoms with Crippen LogP contribution in [0.1, 0.15) is 23.2 Å². The van der Waals surface area contributed by atoms with E-state index < -0.39 is 5.91 Å². The summed E-state index contributed by atoms with van der Waals surface area (Å²) in [7, 11) is 1.68. The van der Waals surface area contributed by atoms with Crippen molar-refractivity contribution in [2.75, 3.05) is 20.2 Å². The van der Waals surface area contributed by atoms with Crippen LogP contribution in [0.5, 0.6) is 5.75 Å². The Labute approximate surface area is 129 Å². The number of nitrogens with two attached hydrogens (primary N) is 2. The fourth-order valence-corrected chi connectivity index (χ4v) is 1.73. The molecule has 0 saturated heterocycles. The van der Waals surface area contributed by atoms with Crippen molar-refractivity contribution in [2.45, 2.75) is 12.8 Å². The molecular weight excluding hydrogens is 290 g/mol. The van der Waals surface area contributed by atoms with E-state index in [9.17, 15) is 9.59 Å². The average molecular weight is 309 g/mol. The van der Waals surface area contributed by atoms with Gasteiger partial charge in [-0.25, -0.2) is 0 Å². The van der Waals surface area contributed by atoms with Gasteiger partial charge in [0.2, 0.25) is 5.91 Å². The lowest BCUT2D eigenvalue weighted by Crippen LogP contribution is -2.31. The Morgan fingerprint density at radius 2 is 1.90 bits per heavy atom. The van der Waals surface area contributed by atoms with Gasteiger partial charge in [0.05, 0.1) is 23.6 Å². The number of benzene rings is 1. The highest BCUT2D eigenvalue weighted by atomic mass is 32.1. The molecule has 4 N–H and O–H groups in total. The maximum Gasteiger partial charge on any atom is 0.252 e. The molecule has 1 rings (SSSR count). The summed E-state index contributed by atoms with van der Waals surface area (Å²) in [4.78, 5) is 25.0. The number of thiocarbonyl (C=S) groups is 1. The number of amides is 2. The third-order valence-corrected chi connectivity index (χ3v) is 3.05. The third-order valence-electron chi connectivity index (χ3n) is 2.85. The summed E-state index contributed by atoms with van der Waals surface area (Å²) in [5.41, 5.74) is 10.9. The molecule has 0 aromatic heterocycles. The molecule has 0 fully saturated rings. The summed E-state index contributed by atoms with van der Waals surface area (Å²) in [6.07, 6.45) is 0.684. The zero-order valence-electron chi connectivity index (χ0n) is 11.9. The Hall–Kier alpha value is -2.15. The van der Waals surface area contributed by atoms with Crippen molar-refractivity contribution in [3.05, 3.63) is 29.8 Å². The van der Waals surface area contributed by atoms with Crippen molar-refractivity contribution in [1.29, 1.82) is 0 Å². The summed E-state index contributed by atoms with van der Waals surface area (Å²) in [6.45, 7) is 0.645. The summed E-state index contributed by atoms with van der Waals surface area (Å²) in [5, 5.41) is 0. The van der Waals surface area contributed by atoms with Crippen molar-refractivity contribution in [3.63, 3.8) is 0 Å². The molecule has 0 spiro atoms. The van der Waals surface area contributed by atoms with Gasteiger partial charge in [0.15, 0.2) is 0 Å². The second-order valence-corrected chi connectivity index (χ2v) is 5.01. The maximum absolute atomic E-state index is 11.8. The molecule has 0 aliphatic rings. The number of hydrogen-bond acceptors (Lipinski definition) is 4. The first-order valence-electron chi connectivity index (χ1n) is 6.45. The predicted octanol–water partition coefficient (Wildman–Crippen LogP) is 0.689. The van der Waals surface area contributed by atoms with Gasteiger partial charge < -0.3 is 21.1 Å². The van der Waals surface area contributed by atoms with E-state index in [1.165, 1.54) is 0 Å². The molecule has 0 aliphatic carbocycles. The van der Waals surface area contributed by atoms with Gasteiger partial charge in [-0.3, -0.25) is 9.59 Å². The number of rotatable bonds is 8. The highest BCUT2D eigenvalue weighted by molar-refractivity contribution is 7.80. The number of nitrogens with zero attached hydrogens (tertiary/aromatic N) is 1. The van der Waals surface area contributed by atoms with Crippen LogP contribution in [-0.2, 0) is 4.79 Å². The summed E-state index contributed by atoms with van der Waals surface area (Å²) in [5.74, 6) is -0.267. The minimum Gasteiger partial charge on any atom is -0.492 e. The van der Waals surface area contributed by atoms with E-state index in [-0.39, 0.29) is 18.9 Å². The Kier molecular flexibility index (Phi) is 6.61. The summed E-state index contributed by atoms with van der Waals surface area (Å²) < 4.78 is 5.45. The molecule has 114 valence electrons. The lowest BCUT2D eigenvalue weighted by atomic mass is 10.2. The number of hydrogen-bond donors (Lipinski definition) is 2. The lowest BCUT2D eigenvalue weighted by molar-refractivity contribution is -0.130. The number of ether oxygens (including phenoxy) is 1. The molecule has 0 atom stereocenters. The quantitative estimate of drug-likeness (QED) is 0.688. The zero-order valence-corrected chi connectivity index (χ0v) is 12.7. The van der Waals surface area contributed by atoms with E-state index in [0.29, 0.717) is 29.3 Å². The van der Waals surface area contributed by atoms with Gasteiger partial charge in [-0.05, 0) is 12.1 Å².